The minimum atomic E-state index is -3.72. The van der Waals surface area contributed by atoms with Crippen molar-refractivity contribution < 1.29 is 26.2 Å². The summed E-state index contributed by atoms with van der Waals surface area (Å²) in [5, 5.41) is 0. The fourth-order valence-electron chi connectivity index (χ4n) is 2.15. The molecule has 0 saturated carbocycles. The van der Waals surface area contributed by atoms with Gasteiger partial charge in [-0.05, 0) is 51.3 Å². The first-order valence-corrected chi connectivity index (χ1v) is 11.3. The third-order valence-corrected chi connectivity index (χ3v) is 6.72. The molecule has 1 aromatic carbocycles. The summed E-state index contributed by atoms with van der Waals surface area (Å²) in [4.78, 5) is 0.166. The minimum absolute atomic E-state index is 0.101. The van der Waals surface area contributed by atoms with Crippen molar-refractivity contribution in [1.29, 1.82) is 0 Å². The Morgan fingerprint density at radius 1 is 1.04 bits per heavy atom. The first kappa shape index (κ1) is 21.3. The molecule has 0 aliphatic heterocycles. The zero-order valence-corrected chi connectivity index (χ0v) is 16.3. The van der Waals surface area contributed by atoms with Crippen molar-refractivity contribution in [3.05, 3.63) is 29.8 Å². The van der Waals surface area contributed by atoms with E-state index in [1.165, 1.54) is 6.07 Å². The number of aryl methyl sites for hydroxylation is 1. The van der Waals surface area contributed by atoms with Crippen LogP contribution in [0, 0.1) is 6.92 Å². The van der Waals surface area contributed by atoms with Gasteiger partial charge in [0.05, 0.1) is 30.9 Å². The molecule has 6 nitrogen and oxygen atoms in total. The summed E-state index contributed by atoms with van der Waals surface area (Å²) in [5.74, 6) is 0. The quantitative estimate of drug-likeness (QED) is 0.309. The van der Waals surface area contributed by atoms with Crippen LogP contribution in [0.4, 0.5) is 0 Å². The zero-order valence-electron chi connectivity index (χ0n) is 14.6. The van der Waals surface area contributed by atoms with Gasteiger partial charge in [0.15, 0.2) is 0 Å². The van der Waals surface area contributed by atoms with Gasteiger partial charge in [0.1, 0.15) is 0 Å². The topological polar surface area (TPSA) is 78.9 Å². The average molecular weight is 378 g/mol. The van der Waals surface area contributed by atoms with Gasteiger partial charge < -0.3 is 9.05 Å². The fourth-order valence-corrected chi connectivity index (χ4v) is 4.93. The summed E-state index contributed by atoms with van der Waals surface area (Å²) in [5.41, 5.74) is 0.863. The lowest BCUT2D eigenvalue weighted by atomic mass is 10.2. The van der Waals surface area contributed by atoms with Crippen LogP contribution in [-0.4, -0.2) is 34.4 Å². The highest BCUT2D eigenvalue weighted by Gasteiger charge is 2.22. The molecule has 8 heteroatoms. The van der Waals surface area contributed by atoms with Gasteiger partial charge in [-0.25, -0.2) is 0 Å². The van der Waals surface area contributed by atoms with Crippen LogP contribution < -0.4 is 0 Å². The first-order valence-electron chi connectivity index (χ1n) is 8.17. The Kier molecular flexibility index (Phi) is 9.16. The van der Waals surface area contributed by atoms with Crippen LogP contribution in [0.5, 0.6) is 0 Å². The maximum Gasteiger partial charge on any atom is 0.330 e. The van der Waals surface area contributed by atoms with E-state index in [9.17, 15) is 13.0 Å². The van der Waals surface area contributed by atoms with Crippen LogP contribution in [0.2, 0.25) is 0 Å². The predicted molar refractivity (Wildman–Crippen MR) is 93.9 cm³/mol. The van der Waals surface area contributed by atoms with Crippen LogP contribution in [0.3, 0.4) is 0 Å². The highest BCUT2D eigenvalue weighted by atomic mass is 32.2. The van der Waals surface area contributed by atoms with Crippen LogP contribution >= 0.6 is 7.60 Å². The molecule has 0 saturated heterocycles. The van der Waals surface area contributed by atoms with E-state index in [1.54, 1.807) is 26.0 Å². The van der Waals surface area contributed by atoms with Crippen molar-refractivity contribution in [2.45, 2.75) is 44.9 Å². The minimum Gasteiger partial charge on any atom is -0.309 e. The lowest BCUT2D eigenvalue weighted by molar-refractivity contribution is 0.219. The Morgan fingerprint density at radius 2 is 1.71 bits per heavy atom. The van der Waals surface area contributed by atoms with Gasteiger partial charge in [0, 0.05) is 0 Å². The van der Waals surface area contributed by atoms with E-state index in [4.69, 9.17) is 13.2 Å². The number of hydrogen-bond acceptors (Lipinski definition) is 6. The lowest BCUT2D eigenvalue weighted by Crippen LogP contribution is -2.08. The average Bonchev–Trinajstić information content (AvgIpc) is 2.51. The summed E-state index contributed by atoms with van der Waals surface area (Å²) < 4.78 is 51.8. The number of hydrogen-bond donors (Lipinski definition) is 0. The Morgan fingerprint density at radius 3 is 2.29 bits per heavy atom. The van der Waals surface area contributed by atoms with Crippen LogP contribution in [0.1, 0.15) is 38.7 Å². The molecular formula is C16H27O6PS. The molecule has 0 aliphatic carbocycles. The molecule has 0 aromatic heterocycles. The lowest BCUT2D eigenvalue weighted by Gasteiger charge is -2.16. The molecule has 0 atom stereocenters. The maximum atomic E-state index is 12.3. The molecule has 0 spiro atoms. The summed E-state index contributed by atoms with van der Waals surface area (Å²) in [6.07, 6.45) is 2.21. The molecule has 1 rings (SSSR count). The third kappa shape index (κ3) is 7.45. The van der Waals surface area contributed by atoms with E-state index in [1.807, 2.05) is 13.0 Å². The SMILES string of the molecule is CCOP(=O)(CCCCCOS(=O)(=O)c1cccc(C)c1)OCC. The normalized spacial score (nSPS) is 12.5. The molecule has 0 heterocycles. The standard InChI is InChI=1S/C16H27O6PS/c1-4-20-23(17,21-5-2)13-8-6-7-12-22-24(18,19)16-11-9-10-15(3)14-16/h9-11,14H,4-8,12-13H2,1-3H3. The summed E-state index contributed by atoms with van der Waals surface area (Å²) in [6.45, 7) is 6.16. The summed E-state index contributed by atoms with van der Waals surface area (Å²) in [6, 6.07) is 6.61. The van der Waals surface area contributed by atoms with Gasteiger partial charge in [-0.2, -0.15) is 8.42 Å². The maximum absolute atomic E-state index is 12.3. The van der Waals surface area contributed by atoms with E-state index in [-0.39, 0.29) is 11.5 Å². The highest BCUT2D eigenvalue weighted by Crippen LogP contribution is 2.48. The smallest absolute Gasteiger partial charge is 0.309 e. The van der Waals surface area contributed by atoms with E-state index in [2.05, 4.69) is 0 Å². The Bertz CT molecular complexity index is 634. The third-order valence-electron chi connectivity index (χ3n) is 3.24. The van der Waals surface area contributed by atoms with Gasteiger partial charge in [0.25, 0.3) is 10.1 Å². The van der Waals surface area contributed by atoms with Crippen molar-refractivity contribution in [3.63, 3.8) is 0 Å². The predicted octanol–water partition coefficient (Wildman–Crippen LogP) is 4.14. The van der Waals surface area contributed by atoms with Crippen molar-refractivity contribution >= 4 is 17.7 Å². The van der Waals surface area contributed by atoms with Crippen LogP contribution in [0.15, 0.2) is 29.2 Å². The highest BCUT2D eigenvalue weighted by molar-refractivity contribution is 7.86. The Balaban J connectivity index is 2.34. The molecule has 0 unspecified atom stereocenters. The van der Waals surface area contributed by atoms with E-state index in [0.717, 1.165) is 5.56 Å². The van der Waals surface area contributed by atoms with Gasteiger partial charge in [-0.3, -0.25) is 8.75 Å². The van der Waals surface area contributed by atoms with Gasteiger partial charge in [0.2, 0.25) is 0 Å². The second-order valence-electron chi connectivity index (χ2n) is 5.32. The molecule has 0 aliphatic rings. The van der Waals surface area contributed by atoms with Gasteiger partial charge in [-0.1, -0.05) is 18.6 Å². The molecule has 1 aromatic rings. The molecule has 0 fully saturated rings. The fraction of sp³-hybridized carbons (Fsp3) is 0.625. The second-order valence-corrected chi connectivity index (χ2v) is 9.12. The van der Waals surface area contributed by atoms with Crippen molar-refractivity contribution in [1.82, 2.24) is 0 Å². The number of benzene rings is 1. The first-order chi connectivity index (χ1) is 11.3. The van der Waals surface area contributed by atoms with Crippen LogP contribution in [0.25, 0.3) is 0 Å². The zero-order chi connectivity index (χ0) is 18.1. The molecule has 0 amide bonds. The van der Waals surface area contributed by atoms with E-state index < -0.39 is 17.7 Å². The van der Waals surface area contributed by atoms with Crippen molar-refractivity contribution in [2.75, 3.05) is 26.0 Å². The number of unbranched alkanes of at least 4 members (excludes halogenated alkanes) is 2. The summed E-state index contributed by atoms with van der Waals surface area (Å²) >= 11 is 0. The monoisotopic (exact) mass is 378 g/mol. The Hall–Kier alpha value is -0.720. The number of rotatable bonds is 12. The Labute approximate surface area is 145 Å². The van der Waals surface area contributed by atoms with Crippen LogP contribution in [-0.2, 0) is 27.9 Å². The second kappa shape index (κ2) is 10.3. The molecule has 24 heavy (non-hydrogen) atoms. The molecule has 0 bridgehead atoms. The largest absolute Gasteiger partial charge is 0.330 e. The van der Waals surface area contributed by atoms with Crippen molar-refractivity contribution in [2.24, 2.45) is 0 Å². The summed E-state index contributed by atoms with van der Waals surface area (Å²) in [7, 11) is -6.73. The van der Waals surface area contributed by atoms with E-state index in [0.29, 0.717) is 38.6 Å². The van der Waals surface area contributed by atoms with Gasteiger partial charge >= 0.3 is 7.60 Å². The van der Waals surface area contributed by atoms with Gasteiger partial charge in [-0.15, -0.1) is 0 Å². The van der Waals surface area contributed by atoms with Crippen molar-refractivity contribution in [3.8, 4) is 0 Å². The molecule has 0 N–H and O–H groups in total. The molecular weight excluding hydrogens is 351 g/mol. The molecule has 0 radical (unpaired) electrons. The molecule has 138 valence electrons. The van der Waals surface area contributed by atoms with E-state index >= 15 is 0 Å².